The molecule has 0 aliphatic carbocycles. The molecule has 1 unspecified atom stereocenters. The van der Waals surface area contributed by atoms with E-state index in [1.165, 1.54) is 24.3 Å². The summed E-state index contributed by atoms with van der Waals surface area (Å²) >= 11 is 0. The molecule has 2 nitrogen and oxygen atoms in total. The number of nitrogens with one attached hydrogen (secondary N) is 1. The fraction of sp³-hybridized carbons (Fsp3) is 0.200. The number of halogens is 3. The zero-order valence-electron chi connectivity index (χ0n) is 10.8. The molecule has 0 heterocycles. The lowest BCUT2D eigenvalue weighted by atomic mass is 9.99. The molecule has 0 aromatic heterocycles. The SMILES string of the molecule is CNC(c1ccc(F)cc1)c1cccc(OC(F)F)c1. The highest BCUT2D eigenvalue weighted by Crippen LogP contribution is 2.25. The molecular weight excluding hydrogens is 267 g/mol. The van der Waals surface area contributed by atoms with Gasteiger partial charge in [-0.3, -0.25) is 0 Å². The molecule has 0 amide bonds. The Morgan fingerprint density at radius 1 is 1.00 bits per heavy atom. The largest absolute Gasteiger partial charge is 0.435 e. The van der Waals surface area contributed by atoms with Gasteiger partial charge in [-0.25, -0.2) is 4.39 Å². The van der Waals surface area contributed by atoms with Crippen molar-refractivity contribution in [2.45, 2.75) is 12.7 Å². The third-order valence-corrected chi connectivity index (χ3v) is 2.91. The predicted molar refractivity (Wildman–Crippen MR) is 70.4 cm³/mol. The van der Waals surface area contributed by atoms with Gasteiger partial charge < -0.3 is 10.1 Å². The Labute approximate surface area is 115 Å². The highest BCUT2D eigenvalue weighted by Gasteiger charge is 2.13. The summed E-state index contributed by atoms with van der Waals surface area (Å²) in [5.41, 5.74) is 1.60. The molecule has 20 heavy (non-hydrogen) atoms. The molecule has 0 radical (unpaired) electrons. The second-order valence-electron chi connectivity index (χ2n) is 4.22. The molecule has 1 atom stereocenters. The normalized spacial score (nSPS) is 12.4. The van der Waals surface area contributed by atoms with Crippen molar-refractivity contribution in [1.82, 2.24) is 5.32 Å². The molecule has 0 bridgehead atoms. The predicted octanol–water partition coefficient (Wildman–Crippen LogP) is 3.74. The van der Waals surface area contributed by atoms with Gasteiger partial charge in [0, 0.05) is 0 Å². The number of ether oxygens (including phenoxy) is 1. The van der Waals surface area contributed by atoms with Crippen molar-refractivity contribution in [1.29, 1.82) is 0 Å². The Kier molecular flexibility index (Phi) is 4.63. The van der Waals surface area contributed by atoms with Gasteiger partial charge >= 0.3 is 6.61 Å². The van der Waals surface area contributed by atoms with Gasteiger partial charge in [0.15, 0.2) is 0 Å². The quantitative estimate of drug-likeness (QED) is 0.901. The maximum atomic E-state index is 12.9. The number of rotatable bonds is 5. The van der Waals surface area contributed by atoms with Gasteiger partial charge in [0.05, 0.1) is 6.04 Å². The van der Waals surface area contributed by atoms with Gasteiger partial charge in [-0.05, 0) is 42.4 Å². The van der Waals surface area contributed by atoms with Crippen LogP contribution in [0.3, 0.4) is 0 Å². The van der Waals surface area contributed by atoms with Crippen molar-refractivity contribution >= 4 is 0 Å². The summed E-state index contributed by atoms with van der Waals surface area (Å²) in [6, 6.07) is 12.2. The molecule has 1 N–H and O–H groups in total. The number of benzene rings is 2. The Morgan fingerprint density at radius 2 is 1.70 bits per heavy atom. The van der Waals surface area contributed by atoms with Gasteiger partial charge in [0.2, 0.25) is 0 Å². The molecule has 0 saturated heterocycles. The minimum absolute atomic E-state index is 0.0971. The van der Waals surface area contributed by atoms with E-state index in [1.807, 2.05) is 0 Å². The number of alkyl halides is 2. The lowest BCUT2D eigenvalue weighted by molar-refractivity contribution is -0.0498. The van der Waals surface area contributed by atoms with Crippen molar-refractivity contribution in [3.05, 3.63) is 65.5 Å². The first-order chi connectivity index (χ1) is 9.60. The maximum Gasteiger partial charge on any atom is 0.387 e. The van der Waals surface area contributed by atoms with E-state index in [-0.39, 0.29) is 17.6 Å². The molecular formula is C15H14F3NO. The first-order valence-corrected chi connectivity index (χ1v) is 6.07. The van der Waals surface area contributed by atoms with E-state index in [9.17, 15) is 13.2 Å². The molecule has 0 aliphatic heterocycles. The highest BCUT2D eigenvalue weighted by molar-refractivity contribution is 5.36. The monoisotopic (exact) mass is 281 g/mol. The van der Waals surface area contributed by atoms with Crippen LogP contribution in [0.5, 0.6) is 5.75 Å². The van der Waals surface area contributed by atoms with Crippen molar-refractivity contribution in [3.63, 3.8) is 0 Å². The van der Waals surface area contributed by atoms with Gasteiger partial charge in [0.1, 0.15) is 11.6 Å². The number of hydrogen-bond acceptors (Lipinski definition) is 2. The van der Waals surface area contributed by atoms with Gasteiger partial charge in [-0.2, -0.15) is 8.78 Å². The molecule has 2 rings (SSSR count). The van der Waals surface area contributed by atoms with Gasteiger partial charge in [-0.15, -0.1) is 0 Å². The first-order valence-electron chi connectivity index (χ1n) is 6.07. The van der Waals surface area contributed by atoms with Gasteiger partial charge in [0.25, 0.3) is 0 Å². The standard InChI is InChI=1S/C15H14F3NO/c1-19-14(10-5-7-12(16)8-6-10)11-3-2-4-13(9-11)20-15(17)18/h2-9,14-15,19H,1H3. The first kappa shape index (κ1) is 14.4. The molecule has 2 aromatic rings. The topological polar surface area (TPSA) is 21.3 Å². The van der Waals surface area contributed by atoms with E-state index in [2.05, 4.69) is 10.1 Å². The zero-order valence-corrected chi connectivity index (χ0v) is 10.8. The summed E-state index contributed by atoms with van der Waals surface area (Å²) in [5.74, 6) is -0.224. The van der Waals surface area contributed by atoms with E-state index in [0.717, 1.165) is 11.1 Å². The molecule has 0 aliphatic rings. The van der Waals surface area contributed by atoms with Crippen molar-refractivity contribution in [3.8, 4) is 5.75 Å². The molecule has 0 fully saturated rings. The fourth-order valence-corrected chi connectivity index (χ4v) is 2.05. The second-order valence-corrected chi connectivity index (χ2v) is 4.22. The van der Waals surface area contributed by atoms with Crippen LogP contribution in [0, 0.1) is 5.82 Å². The Bertz CT molecular complexity index is 557. The Morgan fingerprint density at radius 3 is 2.30 bits per heavy atom. The van der Waals surface area contributed by atoms with Crippen molar-refractivity contribution in [2.75, 3.05) is 7.05 Å². The molecule has 2 aromatic carbocycles. The van der Waals surface area contributed by atoms with Crippen LogP contribution in [0.15, 0.2) is 48.5 Å². The second kappa shape index (κ2) is 6.43. The Hall–Kier alpha value is -2.01. The zero-order chi connectivity index (χ0) is 14.5. The average Bonchev–Trinajstić information content (AvgIpc) is 2.41. The lowest BCUT2D eigenvalue weighted by Crippen LogP contribution is -2.17. The van der Waals surface area contributed by atoms with Crippen molar-refractivity contribution in [2.24, 2.45) is 0 Å². The summed E-state index contributed by atoms with van der Waals surface area (Å²) in [4.78, 5) is 0. The van der Waals surface area contributed by atoms with E-state index in [0.29, 0.717) is 0 Å². The van der Waals surface area contributed by atoms with Crippen molar-refractivity contribution < 1.29 is 17.9 Å². The van der Waals surface area contributed by atoms with Crippen LogP contribution in [0.4, 0.5) is 13.2 Å². The summed E-state index contributed by atoms with van der Waals surface area (Å²) in [7, 11) is 1.74. The van der Waals surface area contributed by atoms with E-state index < -0.39 is 6.61 Å². The molecule has 5 heteroatoms. The van der Waals surface area contributed by atoms with E-state index >= 15 is 0 Å². The molecule has 106 valence electrons. The van der Waals surface area contributed by atoms with Crippen LogP contribution in [-0.4, -0.2) is 13.7 Å². The molecule has 0 spiro atoms. The van der Waals surface area contributed by atoms with Crippen LogP contribution in [0.2, 0.25) is 0 Å². The van der Waals surface area contributed by atoms with Crippen LogP contribution < -0.4 is 10.1 Å². The summed E-state index contributed by atoms with van der Waals surface area (Å²) in [6.45, 7) is -2.86. The summed E-state index contributed by atoms with van der Waals surface area (Å²) in [6.07, 6.45) is 0. The number of hydrogen-bond donors (Lipinski definition) is 1. The van der Waals surface area contributed by atoms with E-state index in [1.54, 1.807) is 31.3 Å². The summed E-state index contributed by atoms with van der Waals surface area (Å²) < 4.78 is 41.8. The fourth-order valence-electron chi connectivity index (χ4n) is 2.05. The smallest absolute Gasteiger partial charge is 0.387 e. The average molecular weight is 281 g/mol. The maximum absolute atomic E-state index is 12.9. The van der Waals surface area contributed by atoms with Crippen LogP contribution in [0.25, 0.3) is 0 Å². The lowest BCUT2D eigenvalue weighted by Gasteiger charge is -2.18. The van der Waals surface area contributed by atoms with Crippen LogP contribution >= 0.6 is 0 Å². The van der Waals surface area contributed by atoms with Crippen LogP contribution in [-0.2, 0) is 0 Å². The van der Waals surface area contributed by atoms with Gasteiger partial charge in [-0.1, -0.05) is 24.3 Å². The Balaban J connectivity index is 2.29. The highest BCUT2D eigenvalue weighted by atomic mass is 19.3. The summed E-state index contributed by atoms with van der Waals surface area (Å²) in [5, 5.41) is 3.07. The van der Waals surface area contributed by atoms with Crippen LogP contribution in [0.1, 0.15) is 17.2 Å². The third kappa shape index (κ3) is 3.51. The van der Waals surface area contributed by atoms with E-state index in [4.69, 9.17) is 0 Å². The third-order valence-electron chi connectivity index (χ3n) is 2.91. The minimum atomic E-state index is -2.86. The molecule has 0 saturated carbocycles. The minimum Gasteiger partial charge on any atom is -0.435 e.